The van der Waals surface area contributed by atoms with Crippen LogP contribution < -0.4 is 5.32 Å². The Morgan fingerprint density at radius 1 is 0.636 bits per heavy atom. The van der Waals surface area contributed by atoms with Crippen LogP contribution in [-0.4, -0.2) is 46.1 Å². The maximum absolute atomic E-state index is 12.1. The predicted octanol–water partition coefficient (Wildman–Crippen LogP) is 6.42. The number of unbranched alkanes of at least 4 members (excludes halogenated alkanes) is 17. The normalized spacial score (nSPS) is 14.2. The Morgan fingerprint density at radius 2 is 1.03 bits per heavy atom. The molecule has 0 fully saturated rings. The molecule has 3 unspecified atom stereocenters. The van der Waals surface area contributed by atoms with Crippen molar-refractivity contribution in [2.24, 2.45) is 0 Å². The SMILES string of the molecule is CCCCCCCCCCCCCCC(O)C(O)C(CO)NC(=O)CCCCCCCCC. The van der Waals surface area contributed by atoms with Gasteiger partial charge in [0.15, 0.2) is 0 Å². The van der Waals surface area contributed by atoms with Gasteiger partial charge in [0, 0.05) is 6.42 Å². The molecule has 0 aliphatic carbocycles. The van der Waals surface area contributed by atoms with Crippen molar-refractivity contribution in [1.82, 2.24) is 5.32 Å². The fourth-order valence-electron chi connectivity index (χ4n) is 4.39. The fourth-order valence-corrected chi connectivity index (χ4v) is 4.39. The molecule has 0 radical (unpaired) electrons. The molecule has 3 atom stereocenters. The molecule has 198 valence electrons. The summed E-state index contributed by atoms with van der Waals surface area (Å²) >= 11 is 0. The predicted molar refractivity (Wildman–Crippen MR) is 139 cm³/mol. The molecule has 0 aromatic carbocycles. The molecule has 0 aliphatic heterocycles. The van der Waals surface area contributed by atoms with E-state index in [1.807, 2.05) is 0 Å². The molecule has 0 aliphatic rings. The highest BCUT2D eigenvalue weighted by atomic mass is 16.3. The summed E-state index contributed by atoms with van der Waals surface area (Å²) in [5.74, 6) is -0.153. The highest BCUT2D eigenvalue weighted by Gasteiger charge is 2.26. The molecule has 0 saturated heterocycles. The molecular formula is C28H57NO4. The summed E-state index contributed by atoms with van der Waals surface area (Å²) in [4.78, 5) is 12.1. The average Bonchev–Trinajstić information content (AvgIpc) is 2.82. The highest BCUT2D eigenvalue weighted by Crippen LogP contribution is 2.15. The lowest BCUT2D eigenvalue weighted by Crippen LogP contribution is -2.50. The van der Waals surface area contributed by atoms with Crippen molar-refractivity contribution in [2.45, 2.75) is 167 Å². The van der Waals surface area contributed by atoms with Crippen LogP contribution in [0.2, 0.25) is 0 Å². The lowest BCUT2D eigenvalue weighted by atomic mass is 9.99. The fraction of sp³-hybridized carbons (Fsp3) is 0.964. The maximum Gasteiger partial charge on any atom is 0.220 e. The number of nitrogens with one attached hydrogen (secondary N) is 1. The van der Waals surface area contributed by atoms with Gasteiger partial charge in [0.05, 0.1) is 18.8 Å². The van der Waals surface area contributed by atoms with Gasteiger partial charge in [-0.3, -0.25) is 4.79 Å². The van der Waals surface area contributed by atoms with Gasteiger partial charge in [0.2, 0.25) is 5.91 Å². The van der Waals surface area contributed by atoms with Crippen molar-refractivity contribution >= 4 is 5.91 Å². The van der Waals surface area contributed by atoms with Crippen molar-refractivity contribution in [1.29, 1.82) is 0 Å². The van der Waals surface area contributed by atoms with Crippen molar-refractivity contribution in [3.8, 4) is 0 Å². The van der Waals surface area contributed by atoms with Crippen molar-refractivity contribution < 1.29 is 20.1 Å². The second-order valence-electron chi connectivity index (χ2n) is 9.96. The van der Waals surface area contributed by atoms with Crippen molar-refractivity contribution in [3.63, 3.8) is 0 Å². The minimum atomic E-state index is -1.12. The first-order chi connectivity index (χ1) is 16.1. The minimum absolute atomic E-state index is 0.153. The molecule has 5 heteroatoms. The van der Waals surface area contributed by atoms with Gasteiger partial charge in [-0.25, -0.2) is 0 Å². The number of rotatable bonds is 25. The zero-order valence-electron chi connectivity index (χ0n) is 22.0. The van der Waals surface area contributed by atoms with Crippen LogP contribution in [0.1, 0.15) is 149 Å². The lowest BCUT2D eigenvalue weighted by molar-refractivity contribution is -0.124. The highest BCUT2D eigenvalue weighted by molar-refractivity contribution is 5.76. The van der Waals surface area contributed by atoms with Gasteiger partial charge in [-0.15, -0.1) is 0 Å². The molecule has 0 aromatic heterocycles. The van der Waals surface area contributed by atoms with Gasteiger partial charge in [-0.05, 0) is 12.8 Å². The second-order valence-corrected chi connectivity index (χ2v) is 9.96. The largest absolute Gasteiger partial charge is 0.394 e. The molecule has 0 heterocycles. The van der Waals surface area contributed by atoms with Crippen LogP contribution in [0.25, 0.3) is 0 Å². The first-order valence-corrected chi connectivity index (χ1v) is 14.3. The van der Waals surface area contributed by atoms with E-state index in [-0.39, 0.29) is 12.5 Å². The summed E-state index contributed by atoms with van der Waals surface area (Å²) in [6.07, 6.45) is 21.9. The van der Waals surface area contributed by atoms with E-state index in [1.165, 1.54) is 83.5 Å². The van der Waals surface area contributed by atoms with E-state index in [0.29, 0.717) is 12.8 Å². The first kappa shape index (κ1) is 32.4. The van der Waals surface area contributed by atoms with Crippen LogP contribution >= 0.6 is 0 Å². The van der Waals surface area contributed by atoms with Crippen LogP contribution in [0.4, 0.5) is 0 Å². The smallest absolute Gasteiger partial charge is 0.220 e. The zero-order valence-corrected chi connectivity index (χ0v) is 22.0. The van der Waals surface area contributed by atoms with Crippen LogP contribution in [0.5, 0.6) is 0 Å². The average molecular weight is 472 g/mol. The van der Waals surface area contributed by atoms with Gasteiger partial charge >= 0.3 is 0 Å². The summed E-state index contributed by atoms with van der Waals surface area (Å²) in [6.45, 7) is 4.09. The monoisotopic (exact) mass is 471 g/mol. The Bertz CT molecular complexity index is 419. The molecule has 1 amide bonds. The minimum Gasteiger partial charge on any atom is -0.394 e. The summed E-state index contributed by atoms with van der Waals surface area (Å²) in [5, 5.41) is 32.9. The van der Waals surface area contributed by atoms with Crippen LogP contribution in [0.3, 0.4) is 0 Å². The number of amides is 1. The van der Waals surface area contributed by atoms with Gasteiger partial charge in [-0.1, -0.05) is 129 Å². The van der Waals surface area contributed by atoms with Gasteiger partial charge in [0.25, 0.3) is 0 Å². The molecular weight excluding hydrogens is 414 g/mol. The second kappa shape index (κ2) is 24.5. The summed E-state index contributed by atoms with van der Waals surface area (Å²) < 4.78 is 0. The zero-order chi connectivity index (χ0) is 24.6. The molecule has 0 spiro atoms. The Balaban J connectivity index is 3.76. The van der Waals surface area contributed by atoms with E-state index >= 15 is 0 Å². The van der Waals surface area contributed by atoms with E-state index < -0.39 is 18.2 Å². The number of carbonyl (C=O) groups excluding carboxylic acids is 1. The third-order valence-corrected chi connectivity index (χ3v) is 6.71. The number of aliphatic hydroxyl groups is 3. The van der Waals surface area contributed by atoms with E-state index in [4.69, 9.17) is 0 Å². The number of hydrogen-bond acceptors (Lipinski definition) is 4. The van der Waals surface area contributed by atoms with E-state index in [9.17, 15) is 20.1 Å². The van der Waals surface area contributed by atoms with Gasteiger partial charge < -0.3 is 20.6 Å². The number of hydrogen-bond donors (Lipinski definition) is 4. The molecule has 33 heavy (non-hydrogen) atoms. The van der Waals surface area contributed by atoms with E-state index in [2.05, 4.69) is 19.2 Å². The van der Waals surface area contributed by atoms with Gasteiger partial charge in [-0.2, -0.15) is 0 Å². The van der Waals surface area contributed by atoms with Crippen molar-refractivity contribution in [2.75, 3.05) is 6.61 Å². The van der Waals surface area contributed by atoms with E-state index in [1.54, 1.807) is 0 Å². The Labute approximate surface area is 205 Å². The molecule has 0 aromatic rings. The number of carbonyl (C=O) groups is 1. The number of aliphatic hydroxyl groups excluding tert-OH is 3. The summed E-state index contributed by atoms with van der Waals surface area (Å²) in [6, 6.07) is -0.797. The van der Waals surface area contributed by atoms with Gasteiger partial charge in [0.1, 0.15) is 6.10 Å². The summed E-state index contributed by atoms with van der Waals surface area (Å²) in [7, 11) is 0. The third kappa shape index (κ3) is 20.4. The first-order valence-electron chi connectivity index (χ1n) is 14.3. The van der Waals surface area contributed by atoms with Crippen molar-refractivity contribution in [3.05, 3.63) is 0 Å². The Kier molecular flexibility index (Phi) is 24.0. The van der Waals surface area contributed by atoms with Crippen LogP contribution in [-0.2, 0) is 4.79 Å². The lowest BCUT2D eigenvalue weighted by Gasteiger charge is -2.26. The Morgan fingerprint density at radius 3 is 1.45 bits per heavy atom. The summed E-state index contributed by atoms with van der Waals surface area (Å²) in [5.41, 5.74) is 0. The van der Waals surface area contributed by atoms with E-state index in [0.717, 1.165) is 38.5 Å². The maximum atomic E-state index is 12.1. The molecule has 0 saturated carbocycles. The van der Waals surface area contributed by atoms with Crippen LogP contribution in [0, 0.1) is 0 Å². The topological polar surface area (TPSA) is 89.8 Å². The molecule has 0 bridgehead atoms. The molecule has 0 rings (SSSR count). The molecule has 5 nitrogen and oxygen atoms in total. The van der Waals surface area contributed by atoms with Crippen LogP contribution in [0.15, 0.2) is 0 Å². The quantitative estimate of drug-likeness (QED) is 0.116. The molecule has 4 N–H and O–H groups in total. The standard InChI is InChI=1S/C28H57NO4/c1-3-5-7-9-11-12-13-14-15-17-18-20-22-26(31)28(33)25(24-30)29-27(32)23-21-19-16-10-8-6-4-2/h25-26,28,30-31,33H,3-24H2,1-2H3,(H,29,32). The third-order valence-electron chi connectivity index (χ3n) is 6.71. The Hall–Kier alpha value is -0.650.